The predicted octanol–water partition coefficient (Wildman–Crippen LogP) is 1.59. The number of ether oxygens (including phenoxy) is 2. The van der Waals surface area contributed by atoms with Gasteiger partial charge in [0.25, 0.3) is 0 Å². The predicted molar refractivity (Wildman–Crippen MR) is 96.2 cm³/mol. The average molecular weight is 344 g/mol. The summed E-state index contributed by atoms with van der Waals surface area (Å²) in [7, 11) is 3.21. The summed E-state index contributed by atoms with van der Waals surface area (Å²) in [5, 5.41) is 11.4. The number of aromatic nitrogens is 3. The van der Waals surface area contributed by atoms with Crippen LogP contribution in [-0.4, -0.2) is 41.5 Å². The monoisotopic (exact) mass is 344 g/mol. The molecule has 8 heteroatoms. The van der Waals surface area contributed by atoms with E-state index in [1.54, 1.807) is 14.2 Å². The van der Waals surface area contributed by atoms with Gasteiger partial charge >= 0.3 is 0 Å². The van der Waals surface area contributed by atoms with Crippen LogP contribution in [0.3, 0.4) is 0 Å². The Balaban J connectivity index is 1.60. The second kappa shape index (κ2) is 7.42. The summed E-state index contributed by atoms with van der Waals surface area (Å²) >= 11 is 0. The molecule has 0 radical (unpaired) electrons. The van der Waals surface area contributed by atoms with E-state index in [4.69, 9.17) is 15.2 Å². The standard InChI is InChI=1S/C17H24N6O2/c1-11-21-22-16-7-4-12(10-23(11)16)9-19-17(18)20-13-5-6-14(24-2)15(8-13)25-3/h5-6,8,12H,4,7,9-10H2,1-3H3,(H3,18,19,20). The van der Waals surface area contributed by atoms with Crippen LogP contribution in [0.25, 0.3) is 0 Å². The Morgan fingerprint density at radius 1 is 1.32 bits per heavy atom. The number of anilines is 1. The second-order valence-electron chi connectivity index (χ2n) is 6.10. The minimum atomic E-state index is 0.387. The topological polar surface area (TPSA) is 99.6 Å². The van der Waals surface area contributed by atoms with Gasteiger partial charge in [-0.2, -0.15) is 0 Å². The number of methoxy groups -OCH3 is 2. The molecule has 3 N–H and O–H groups in total. The third-order valence-electron chi connectivity index (χ3n) is 4.41. The highest BCUT2D eigenvalue weighted by atomic mass is 16.5. The molecule has 0 saturated heterocycles. The SMILES string of the molecule is COc1ccc(NC(N)=NCC2CCc3nnc(C)n3C2)cc1OC. The molecule has 8 nitrogen and oxygen atoms in total. The van der Waals surface area contributed by atoms with Crippen molar-refractivity contribution in [2.75, 3.05) is 26.1 Å². The number of aryl methyl sites for hydroxylation is 2. The summed E-state index contributed by atoms with van der Waals surface area (Å²) in [6.45, 7) is 3.54. The Labute approximate surface area is 147 Å². The smallest absolute Gasteiger partial charge is 0.193 e. The van der Waals surface area contributed by atoms with Gasteiger partial charge in [0.15, 0.2) is 17.5 Å². The van der Waals surface area contributed by atoms with Gasteiger partial charge in [0.05, 0.1) is 14.2 Å². The highest BCUT2D eigenvalue weighted by molar-refractivity contribution is 5.92. The zero-order chi connectivity index (χ0) is 17.8. The first-order chi connectivity index (χ1) is 12.1. The molecule has 1 aromatic carbocycles. The summed E-state index contributed by atoms with van der Waals surface area (Å²) in [5.74, 6) is 4.16. The third kappa shape index (κ3) is 3.84. The third-order valence-corrected chi connectivity index (χ3v) is 4.41. The van der Waals surface area contributed by atoms with Crippen LogP contribution in [0.2, 0.25) is 0 Å². The lowest BCUT2D eigenvalue weighted by Gasteiger charge is -2.22. The number of guanidine groups is 1. The van der Waals surface area contributed by atoms with E-state index < -0.39 is 0 Å². The Bertz CT molecular complexity index is 770. The highest BCUT2D eigenvalue weighted by Gasteiger charge is 2.21. The first-order valence-electron chi connectivity index (χ1n) is 8.28. The van der Waals surface area contributed by atoms with Crippen molar-refractivity contribution in [1.29, 1.82) is 0 Å². The van der Waals surface area contributed by atoms with E-state index in [-0.39, 0.29) is 0 Å². The van der Waals surface area contributed by atoms with Crippen molar-refractivity contribution in [3.05, 3.63) is 29.8 Å². The maximum atomic E-state index is 6.02. The number of rotatable bonds is 5. The number of hydrogen-bond acceptors (Lipinski definition) is 5. The van der Waals surface area contributed by atoms with Gasteiger partial charge in [-0.3, -0.25) is 4.99 Å². The fourth-order valence-corrected chi connectivity index (χ4v) is 3.01. The molecule has 2 aromatic rings. The number of nitrogens with zero attached hydrogens (tertiary/aromatic N) is 4. The Morgan fingerprint density at radius 3 is 2.88 bits per heavy atom. The number of aliphatic imine (C=N–C) groups is 1. The molecule has 0 spiro atoms. The van der Waals surface area contributed by atoms with Crippen LogP contribution in [0.1, 0.15) is 18.1 Å². The van der Waals surface area contributed by atoms with Gasteiger partial charge in [-0.15, -0.1) is 10.2 Å². The van der Waals surface area contributed by atoms with Crippen molar-refractivity contribution in [3.63, 3.8) is 0 Å². The molecular weight excluding hydrogens is 320 g/mol. The van der Waals surface area contributed by atoms with Crippen LogP contribution in [0.4, 0.5) is 5.69 Å². The van der Waals surface area contributed by atoms with E-state index in [1.165, 1.54) is 0 Å². The average Bonchev–Trinajstić information content (AvgIpc) is 3.00. The second-order valence-corrected chi connectivity index (χ2v) is 6.10. The largest absolute Gasteiger partial charge is 0.493 e. The summed E-state index contributed by atoms with van der Waals surface area (Å²) in [5.41, 5.74) is 6.83. The molecule has 0 saturated carbocycles. The van der Waals surface area contributed by atoms with Gasteiger partial charge < -0.3 is 25.1 Å². The van der Waals surface area contributed by atoms with E-state index >= 15 is 0 Å². The highest BCUT2D eigenvalue weighted by Crippen LogP contribution is 2.29. The maximum absolute atomic E-state index is 6.02. The molecule has 25 heavy (non-hydrogen) atoms. The van der Waals surface area contributed by atoms with Gasteiger partial charge in [0, 0.05) is 31.3 Å². The normalized spacial score (nSPS) is 17.1. The van der Waals surface area contributed by atoms with E-state index in [2.05, 4.69) is 25.1 Å². The van der Waals surface area contributed by atoms with E-state index in [0.29, 0.717) is 29.9 Å². The quantitative estimate of drug-likeness (QED) is 0.631. The molecule has 2 heterocycles. The molecular formula is C17H24N6O2. The molecule has 1 aromatic heterocycles. The van der Waals surface area contributed by atoms with Crippen molar-refractivity contribution >= 4 is 11.6 Å². The van der Waals surface area contributed by atoms with Gasteiger partial charge in [-0.1, -0.05) is 0 Å². The minimum Gasteiger partial charge on any atom is -0.493 e. The lowest BCUT2D eigenvalue weighted by Crippen LogP contribution is -2.27. The molecule has 0 fully saturated rings. The van der Waals surface area contributed by atoms with Crippen molar-refractivity contribution in [3.8, 4) is 11.5 Å². The van der Waals surface area contributed by atoms with Crippen molar-refractivity contribution in [2.45, 2.75) is 26.3 Å². The van der Waals surface area contributed by atoms with Crippen molar-refractivity contribution < 1.29 is 9.47 Å². The molecule has 0 amide bonds. The van der Waals surface area contributed by atoms with Crippen LogP contribution in [0.15, 0.2) is 23.2 Å². The summed E-state index contributed by atoms with van der Waals surface area (Å²) in [6, 6.07) is 5.53. The first-order valence-corrected chi connectivity index (χ1v) is 8.28. The summed E-state index contributed by atoms with van der Waals surface area (Å²) in [6.07, 6.45) is 1.98. The number of nitrogens with one attached hydrogen (secondary N) is 1. The van der Waals surface area contributed by atoms with Crippen LogP contribution in [0.5, 0.6) is 11.5 Å². The van der Waals surface area contributed by atoms with Gasteiger partial charge in [-0.05, 0) is 31.4 Å². The minimum absolute atomic E-state index is 0.387. The molecule has 1 atom stereocenters. The van der Waals surface area contributed by atoms with Gasteiger partial charge in [0.2, 0.25) is 0 Å². The summed E-state index contributed by atoms with van der Waals surface area (Å²) in [4.78, 5) is 4.49. The molecule has 0 bridgehead atoms. The lowest BCUT2D eigenvalue weighted by molar-refractivity contribution is 0.355. The van der Waals surface area contributed by atoms with E-state index in [0.717, 1.165) is 36.7 Å². The fourth-order valence-electron chi connectivity index (χ4n) is 3.01. The van der Waals surface area contributed by atoms with Gasteiger partial charge in [0.1, 0.15) is 11.6 Å². The van der Waals surface area contributed by atoms with E-state index in [1.807, 2.05) is 25.1 Å². The Kier molecular flexibility index (Phi) is 5.06. The van der Waals surface area contributed by atoms with Crippen LogP contribution in [-0.2, 0) is 13.0 Å². The molecule has 1 aliphatic heterocycles. The van der Waals surface area contributed by atoms with Gasteiger partial charge in [-0.25, -0.2) is 0 Å². The van der Waals surface area contributed by atoms with Crippen molar-refractivity contribution in [2.24, 2.45) is 16.6 Å². The molecule has 0 aliphatic carbocycles. The Hall–Kier alpha value is -2.77. The molecule has 3 rings (SSSR count). The fraction of sp³-hybridized carbons (Fsp3) is 0.471. The van der Waals surface area contributed by atoms with Crippen LogP contribution in [0, 0.1) is 12.8 Å². The number of nitrogens with two attached hydrogens (primary N) is 1. The zero-order valence-electron chi connectivity index (χ0n) is 14.8. The maximum Gasteiger partial charge on any atom is 0.193 e. The zero-order valence-corrected chi connectivity index (χ0v) is 14.8. The Morgan fingerprint density at radius 2 is 2.12 bits per heavy atom. The van der Waals surface area contributed by atoms with E-state index in [9.17, 15) is 0 Å². The van der Waals surface area contributed by atoms with Crippen molar-refractivity contribution in [1.82, 2.24) is 14.8 Å². The molecule has 134 valence electrons. The molecule has 1 unspecified atom stereocenters. The lowest BCUT2D eigenvalue weighted by atomic mass is 9.99. The number of fused-ring (bicyclic) bond motifs is 1. The molecule has 1 aliphatic rings. The van der Waals surface area contributed by atoms with Crippen LogP contribution < -0.4 is 20.5 Å². The number of hydrogen-bond donors (Lipinski definition) is 2. The first kappa shape index (κ1) is 17.1. The van der Waals surface area contributed by atoms with Crippen LogP contribution >= 0.6 is 0 Å². The summed E-state index contributed by atoms with van der Waals surface area (Å²) < 4.78 is 12.7. The number of benzene rings is 1.